The average molecular weight is 366 g/mol. The normalized spacial score (nSPS) is 16.2. The fourth-order valence-corrected chi connectivity index (χ4v) is 2.34. The van der Waals surface area contributed by atoms with Crippen LogP contribution in [0.25, 0.3) is 0 Å². The van der Waals surface area contributed by atoms with Gasteiger partial charge in [0.1, 0.15) is 0 Å². The molecule has 1 aliphatic heterocycles. The Morgan fingerprint density at radius 2 is 1.61 bits per heavy atom. The van der Waals surface area contributed by atoms with Crippen LogP contribution in [0, 0.1) is 0 Å². The number of nitrogens with two attached hydrogens (primary N) is 1. The van der Waals surface area contributed by atoms with Gasteiger partial charge in [0.25, 0.3) is 0 Å². The second-order valence-electron chi connectivity index (χ2n) is 4.70. The van der Waals surface area contributed by atoms with Gasteiger partial charge in [-0.1, -0.05) is 11.6 Å². The number of hydrogen-bond donors (Lipinski definition) is 2. The summed E-state index contributed by atoms with van der Waals surface area (Å²) < 4.78 is 90.5. The second kappa shape index (κ2) is 5.13. The summed E-state index contributed by atoms with van der Waals surface area (Å²) in [5, 5.41) is 1.90. The van der Waals surface area contributed by atoms with Crippen LogP contribution in [0.5, 0.6) is 0 Å². The van der Waals surface area contributed by atoms with Gasteiger partial charge in [-0.25, -0.2) is 15.0 Å². The number of halogens is 8. The number of carbonyl (C=O) groups excluding carboxylic acids is 1. The summed E-state index contributed by atoms with van der Waals surface area (Å²) in [5.74, 6) is 5.21. The molecule has 2 rings (SSSR count). The molecule has 1 aromatic rings. The molecule has 4 nitrogen and oxygen atoms in total. The highest BCUT2D eigenvalue weighted by molar-refractivity contribution is 6.34. The molecule has 0 atom stereocenters. The van der Waals surface area contributed by atoms with E-state index in [0.717, 1.165) is 0 Å². The third kappa shape index (κ3) is 2.67. The molecule has 0 spiro atoms. The van der Waals surface area contributed by atoms with E-state index in [9.17, 15) is 35.5 Å². The number of anilines is 1. The van der Waals surface area contributed by atoms with Crippen molar-refractivity contribution < 1.29 is 35.5 Å². The molecule has 0 radical (unpaired) electrons. The Labute approximate surface area is 128 Å². The molecule has 0 unspecified atom stereocenters. The first kappa shape index (κ1) is 17.6. The summed E-state index contributed by atoms with van der Waals surface area (Å²) in [4.78, 5) is 11.3. The van der Waals surface area contributed by atoms with Gasteiger partial charge in [-0.15, -0.1) is 0 Å². The molecule has 1 heterocycles. The predicted molar refractivity (Wildman–Crippen MR) is 65.1 cm³/mol. The van der Waals surface area contributed by atoms with Crippen molar-refractivity contribution in [2.45, 2.75) is 24.6 Å². The maximum atomic E-state index is 14.0. The molecule has 12 heteroatoms. The molecule has 0 fully saturated rings. The molecule has 2 amide bonds. The second-order valence-corrected chi connectivity index (χ2v) is 5.11. The van der Waals surface area contributed by atoms with Gasteiger partial charge >= 0.3 is 24.1 Å². The van der Waals surface area contributed by atoms with E-state index in [1.165, 1.54) is 0 Å². The molecule has 128 valence electrons. The van der Waals surface area contributed by atoms with Gasteiger partial charge in [-0.2, -0.15) is 26.3 Å². The summed E-state index contributed by atoms with van der Waals surface area (Å²) in [6, 6.07) is -0.375. The summed E-state index contributed by atoms with van der Waals surface area (Å²) in [6.07, 6.45) is -12.5. The predicted octanol–water partition coefficient (Wildman–Crippen LogP) is 3.85. The summed E-state index contributed by atoms with van der Waals surface area (Å²) in [5.41, 5.74) is -7.87. The van der Waals surface area contributed by atoms with E-state index in [1.54, 1.807) is 0 Å². The Balaban J connectivity index is 2.67. The van der Waals surface area contributed by atoms with Gasteiger partial charge < -0.3 is 5.32 Å². The molecule has 1 aromatic carbocycles. The summed E-state index contributed by atoms with van der Waals surface area (Å²) >= 11 is 5.59. The lowest BCUT2D eigenvalue weighted by Gasteiger charge is -2.32. The van der Waals surface area contributed by atoms with Gasteiger partial charge in [0, 0.05) is 5.56 Å². The largest absolute Gasteiger partial charge is 0.435 e. The number of benzene rings is 1. The van der Waals surface area contributed by atoms with E-state index in [-0.39, 0.29) is 17.3 Å². The minimum atomic E-state index is -6.26. The number of carbonyl (C=O) groups is 1. The average Bonchev–Trinajstić information content (AvgIpc) is 2.37. The monoisotopic (exact) mass is 365 g/mol. The van der Waals surface area contributed by atoms with Crippen molar-refractivity contribution in [2.24, 2.45) is 5.84 Å². The SMILES string of the molecule is NN1Cc2cc(C(F)(C(F)(F)F)C(F)(F)F)cc(Cl)c2NC1=O. The third-order valence-electron chi connectivity index (χ3n) is 3.18. The van der Waals surface area contributed by atoms with Crippen molar-refractivity contribution in [3.8, 4) is 0 Å². The maximum Gasteiger partial charge on any atom is 0.435 e. The number of nitrogens with one attached hydrogen (secondary N) is 1. The first-order valence-corrected chi connectivity index (χ1v) is 6.15. The van der Waals surface area contributed by atoms with Crippen LogP contribution in [-0.4, -0.2) is 23.4 Å². The molecular weight excluding hydrogens is 359 g/mol. The van der Waals surface area contributed by atoms with Gasteiger partial charge in [-0.3, -0.25) is 5.01 Å². The van der Waals surface area contributed by atoms with Crippen molar-refractivity contribution in [1.82, 2.24) is 5.01 Å². The number of alkyl halides is 7. The molecule has 1 aliphatic rings. The van der Waals surface area contributed by atoms with Crippen molar-refractivity contribution in [3.63, 3.8) is 0 Å². The molecule has 3 N–H and O–H groups in total. The minimum absolute atomic E-state index is 0.174. The van der Waals surface area contributed by atoms with E-state index < -0.39 is 41.2 Å². The standard InChI is InChI=1S/C11H7ClF7N3O/c12-6-2-5(9(13,10(14,15)16)11(17,18)19)1-4-3-22(20)8(23)21-7(4)6/h1-2H,3,20H2,(H,21,23). The van der Waals surface area contributed by atoms with Gasteiger partial charge in [-0.05, 0) is 17.7 Å². The summed E-state index contributed by atoms with van der Waals surface area (Å²) in [6.45, 7) is -0.541. The molecule has 23 heavy (non-hydrogen) atoms. The number of amides is 2. The van der Waals surface area contributed by atoms with E-state index in [4.69, 9.17) is 17.4 Å². The van der Waals surface area contributed by atoms with E-state index >= 15 is 0 Å². The lowest BCUT2D eigenvalue weighted by atomic mass is 9.91. The lowest BCUT2D eigenvalue weighted by Crippen LogP contribution is -2.50. The van der Waals surface area contributed by atoms with Gasteiger partial charge in [0.15, 0.2) is 0 Å². The van der Waals surface area contributed by atoms with Crippen LogP contribution in [0.2, 0.25) is 5.02 Å². The van der Waals surface area contributed by atoms with Gasteiger partial charge in [0.05, 0.1) is 17.3 Å². The van der Waals surface area contributed by atoms with E-state index in [1.807, 2.05) is 0 Å². The first-order chi connectivity index (χ1) is 10.3. The molecule has 0 aliphatic carbocycles. The molecular formula is C11H7ClF7N3O. The van der Waals surface area contributed by atoms with Crippen LogP contribution < -0.4 is 11.2 Å². The highest BCUT2D eigenvalue weighted by Gasteiger charge is 2.73. The van der Waals surface area contributed by atoms with Crippen molar-refractivity contribution in [1.29, 1.82) is 0 Å². The third-order valence-corrected chi connectivity index (χ3v) is 3.48. The highest BCUT2D eigenvalue weighted by Crippen LogP contribution is 2.54. The van der Waals surface area contributed by atoms with Crippen LogP contribution in [-0.2, 0) is 12.2 Å². The molecule has 0 saturated heterocycles. The van der Waals surface area contributed by atoms with Crippen LogP contribution in [0.15, 0.2) is 12.1 Å². The van der Waals surface area contributed by atoms with Crippen molar-refractivity contribution in [2.75, 3.05) is 5.32 Å². The number of nitrogens with zero attached hydrogens (tertiary/aromatic N) is 1. The number of fused-ring (bicyclic) bond motifs is 1. The van der Waals surface area contributed by atoms with Crippen LogP contribution in [0.4, 0.5) is 41.2 Å². The fourth-order valence-electron chi connectivity index (χ4n) is 2.05. The van der Waals surface area contributed by atoms with Crippen LogP contribution in [0.3, 0.4) is 0 Å². The zero-order valence-corrected chi connectivity index (χ0v) is 11.6. The van der Waals surface area contributed by atoms with Crippen LogP contribution in [0.1, 0.15) is 11.1 Å². The number of rotatable bonds is 1. The smallest absolute Gasteiger partial charge is 0.305 e. The van der Waals surface area contributed by atoms with Crippen molar-refractivity contribution >= 4 is 23.3 Å². The zero-order valence-electron chi connectivity index (χ0n) is 10.8. The number of hydrogen-bond acceptors (Lipinski definition) is 2. The lowest BCUT2D eigenvalue weighted by molar-refractivity contribution is -0.348. The Morgan fingerprint density at radius 1 is 1.09 bits per heavy atom. The highest BCUT2D eigenvalue weighted by atomic mass is 35.5. The summed E-state index contributed by atoms with van der Waals surface area (Å²) in [7, 11) is 0. The quantitative estimate of drug-likeness (QED) is 0.451. The van der Waals surface area contributed by atoms with Crippen LogP contribution >= 0.6 is 11.6 Å². The number of urea groups is 1. The molecule has 0 aromatic heterocycles. The molecule has 0 saturated carbocycles. The van der Waals surface area contributed by atoms with E-state index in [0.29, 0.717) is 11.1 Å². The Bertz CT molecular complexity index is 644. The minimum Gasteiger partial charge on any atom is -0.305 e. The molecule has 0 bridgehead atoms. The Hall–Kier alpha value is -1.75. The van der Waals surface area contributed by atoms with Crippen molar-refractivity contribution in [3.05, 3.63) is 28.3 Å². The maximum absolute atomic E-state index is 14.0. The fraction of sp³-hybridized carbons (Fsp3) is 0.364. The topological polar surface area (TPSA) is 58.4 Å². The van der Waals surface area contributed by atoms with Gasteiger partial charge in [0.2, 0.25) is 0 Å². The number of hydrazine groups is 1. The Morgan fingerprint density at radius 3 is 2.09 bits per heavy atom. The zero-order chi connectivity index (χ0) is 17.8. The van der Waals surface area contributed by atoms with E-state index in [2.05, 4.69) is 5.32 Å². The Kier molecular flexibility index (Phi) is 3.93. The first-order valence-electron chi connectivity index (χ1n) is 5.77.